The van der Waals surface area contributed by atoms with Gasteiger partial charge < -0.3 is 14.9 Å². The second-order valence-corrected chi connectivity index (χ2v) is 2.07. The minimum absolute atomic E-state index is 0.762. The molecule has 1 aliphatic rings. The number of hydrogen-bond donors (Lipinski definition) is 2. The molecule has 1 heterocycles. The number of ether oxygens (including phenoxy) is 1. The minimum atomic E-state index is -1.41. The topological polar surface area (TPSA) is 66.8 Å². The summed E-state index contributed by atoms with van der Waals surface area (Å²) in [7, 11) is 0. The first-order valence-corrected chi connectivity index (χ1v) is 2.86. The van der Waals surface area contributed by atoms with Crippen LogP contribution in [0.15, 0.2) is 12.7 Å². The van der Waals surface area contributed by atoms with E-state index in [0.29, 0.717) is 0 Å². The maximum atomic E-state index is 10.5. The van der Waals surface area contributed by atoms with Crippen molar-refractivity contribution in [2.24, 2.45) is 0 Å². The summed E-state index contributed by atoms with van der Waals surface area (Å²) in [6, 6.07) is 0. The molecule has 0 spiro atoms. The van der Waals surface area contributed by atoms with E-state index in [4.69, 9.17) is 10.2 Å². The van der Waals surface area contributed by atoms with Crippen LogP contribution in [0.5, 0.6) is 0 Å². The lowest BCUT2D eigenvalue weighted by Crippen LogP contribution is -2.29. The van der Waals surface area contributed by atoms with Crippen LogP contribution < -0.4 is 0 Å². The highest BCUT2D eigenvalue weighted by Crippen LogP contribution is 2.15. The predicted octanol–water partition coefficient (Wildman–Crippen LogP) is -1.18. The van der Waals surface area contributed by atoms with Crippen LogP contribution in [0.2, 0.25) is 0 Å². The fraction of sp³-hybridized carbons (Fsp3) is 0.500. The maximum absolute atomic E-state index is 10.5. The largest absolute Gasteiger partial charge is 0.453 e. The smallest absolute Gasteiger partial charge is 0.338 e. The second-order valence-electron chi connectivity index (χ2n) is 2.07. The minimum Gasteiger partial charge on any atom is -0.453 e. The average molecular weight is 144 g/mol. The lowest BCUT2D eigenvalue weighted by molar-refractivity contribution is -0.146. The molecule has 10 heavy (non-hydrogen) atoms. The third-order valence-electron chi connectivity index (χ3n) is 1.39. The van der Waals surface area contributed by atoms with E-state index in [-0.39, 0.29) is 0 Å². The third-order valence-corrected chi connectivity index (χ3v) is 1.39. The zero-order chi connectivity index (χ0) is 7.72. The van der Waals surface area contributed by atoms with E-state index in [0.717, 1.165) is 0 Å². The van der Waals surface area contributed by atoms with Crippen molar-refractivity contribution < 1.29 is 19.7 Å². The van der Waals surface area contributed by atoms with Crippen molar-refractivity contribution in [3.63, 3.8) is 0 Å². The van der Waals surface area contributed by atoms with E-state index in [2.05, 4.69) is 11.3 Å². The zero-order valence-electron chi connectivity index (χ0n) is 5.23. The van der Waals surface area contributed by atoms with Gasteiger partial charge in [-0.05, 0) is 6.08 Å². The first kappa shape index (κ1) is 7.24. The van der Waals surface area contributed by atoms with E-state index in [1.54, 1.807) is 0 Å². The lowest BCUT2D eigenvalue weighted by atomic mass is 10.1. The van der Waals surface area contributed by atoms with E-state index in [1.807, 2.05) is 0 Å². The Morgan fingerprint density at radius 1 is 1.60 bits per heavy atom. The normalized spacial score (nSPS) is 39.4. The Hall–Kier alpha value is -0.870. The highest BCUT2D eigenvalue weighted by Gasteiger charge is 2.40. The Kier molecular flexibility index (Phi) is 1.74. The van der Waals surface area contributed by atoms with Crippen LogP contribution in [-0.2, 0) is 9.53 Å². The Balaban J connectivity index is 2.70. The van der Waals surface area contributed by atoms with Crippen molar-refractivity contribution in [3.05, 3.63) is 12.7 Å². The fourth-order valence-electron chi connectivity index (χ4n) is 0.780. The van der Waals surface area contributed by atoms with Crippen LogP contribution in [0.3, 0.4) is 0 Å². The van der Waals surface area contributed by atoms with Crippen molar-refractivity contribution in [1.29, 1.82) is 0 Å². The molecule has 0 aromatic rings. The summed E-state index contributed by atoms with van der Waals surface area (Å²) in [5, 5.41) is 17.8. The van der Waals surface area contributed by atoms with E-state index in [1.165, 1.54) is 6.08 Å². The van der Waals surface area contributed by atoms with Crippen LogP contribution in [0.4, 0.5) is 0 Å². The van der Waals surface area contributed by atoms with Gasteiger partial charge >= 0.3 is 5.97 Å². The van der Waals surface area contributed by atoms with Crippen LogP contribution in [-0.4, -0.2) is 34.5 Å². The Bertz CT molecular complexity index is 165. The molecule has 0 bridgehead atoms. The van der Waals surface area contributed by atoms with E-state index >= 15 is 0 Å². The molecule has 1 saturated heterocycles. The highest BCUT2D eigenvalue weighted by molar-refractivity contribution is 5.78. The quantitative estimate of drug-likeness (QED) is 0.359. The van der Waals surface area contributed by atoms with Gasteiger partial charge in [0.15, 0.2) is 6.10 Å². The molecule has 4 heteroatoms. The number of carbonyl (C=O) groups is 1. The number of aliphatic hydroxyl groups excluding tert-OH is 2. The van der Waals surface area contributed by atoms with Gasteiger partial charge in [0.2, 0.25) is 0 Å². The van der Waals surface area contributed by atoms with Crippen molar-refractivity contribution in [3.8, 4) is 0 Å². The molecule has 0 aliphatic carbocycles. The number of rotatable bonds is 1. The van der Waals surface area contributed by atoms with Gasteiger partial charge in [0, 0.05) is 0 Å². The van der Waals surface area contributed by atoms with Crippen molar-refractivity contribution in [2.45, 2.75) is 18.3 Å². The van der Waals surface area contributed by atoms with Crippen LogP contribution in [0.25, 0.3) is 0 Å². The van der Waals surface area contributed by atoms with Crippen LogP contribution in [0, 0.1) is 0 Å². The molecular weight excluding hydrogens is 136 g/mol. The summed E-state index contributed by atoms with van der Waals surface area (Å²) in [5.41, 5.74) is 0. The summed E-state index contributed by atoms with van der Waals surface area (Å²) in [4.78, 5) is 10.5. The summed E-state index contributed by atoms with van der Waals surface area (Å²) < 4.78 is 4.48. The highest BCUT2D eigenvalue weighted by atomic mass is 16.6. The second kappa shape index (κ2) is 2.40. The van der Waals surface area contributed by atoms with Crippen LogP contribution in [0.1, 0.15) is 0 Å². The molecule has 2 N–H and O–H groups in total. The Morgan fingerprint density at radius 2 is 2.20 bits per heavy atom. The molecule has 0 amide bonds. The molecule has 1 aliphatic heterocycles. The first-order chi connectivity index (χ1) is 4.66. The van der Waals surface area contributed by atoms with Gasteiger partial charge in [0.1, 0.15) is 12.2 Å². The first-order valence-electron chi connectivity index (χ1n) is 2.86. The zero-order valence-corrected chi connectivity index (χ0v) is 5.23. The number of esters is 1. The Labute approximate surface area is 57.7 Å². The van der Waals surface area contributed by atoms with Gasteiger partial charge in [-0.25, -0.2) is 4.79 Å². The Morgan fingerprint density at radius 3 is 2.40 bits per heavy atom. The predicted molar refractivity (Wildman–Crippen MR) is 32.1 cm³/mol. The molecule has 0 unspecified atom stereocenters. The fourth-order valence-corrected chi connectivity index (χ4v) is 0.780. The summed E-state index contributed by atoms with van der Waals surface area (Å²) in [6.45, 7) is 3.31. The van der Waals surface area contributed by atoms with Gasteiger partial charge in [-0.2, -0.15) is 0 Å². The molecule has 0 radical (unpaired) electrons. The maximum Gasteiger partial charge on any atom is 0.338 e. The van der Waals surface area contributed by atoms with Crippen molar-refractivity contribution in [1.82, 2.24) is 0 Å². The summed E-state index contributed by atoms with van der Waals surface area (Å²) in [5.74, 6) is -0.794. The van der Waals surface area contributed by atoms with Crippen molar-refractivity contribution in [2.75, 3.05) is 0 Å². The molecule has 0 saturated carbocycles. The third kappa shape index (κ3) is 0.913. The average Bonchev–Trinajstić information content (AvgIpc) is 2.17. The summed E-state index contributed by atoms with van der Waals surface area (Å²) >= 11 is 0. The lowest BCUT2D eigenvalue weighted by Gasteiger charge is -2.06. The van der Waals surface area contributed by atoms with Gasteiger partial charge in [0.25, 0.3) is 0 Å². The number of aliphatic hydroxyl groups is 2. The van der Waals surface area contributed by atoms with Gasteiger partial charge in [-0.15, -0.1) is 0 Å². The van der Waals surface area contributed by atoms with E-state index in [9.17, 15) is 4.79 Å². The van der Waals surface area contributed by atoms with E-state index < -0.39 is 24.3 Å². The van der Waals surface area contributed by atoms with Crippen molar-refractivity contribution >= 4 is 5.97 Å². The number of carbonyl (C=O) groups excluding carboxylic acids is 1. The standard InChI is InChI=1S/C6H8O4/c1-2-3-4(7)5(8)6(9)10-3/h2-5,7-8H,1H2/t3-,4+,5+/m1/s1. The number of cyclic esters (lactones) is 1. The molecule has 1 rings (SSSR count). The molecule has 56 valence electrons. The molecule has 4 nitrogen and oxygen atoms in total. The van der Waals surface area contributed by atoms with Gasteiger partial charge in [-0.3, -0.25) is 0 Å². The molecule has 1 fully saturated rings. The number of hydrogen-bond acceptors (Lipinski definition) is 4. The monoisotopic (exact) mass is 144 g/mol. The SMILES string of the molecule is C=C[C@H]1OC(=O)[C@@H](O)[C@H]1O. The van der Waals surface area contributed by atoms with Gasteiger partial charge in [0.05, 0.1) is 0 Å². The molecule has 0 aromatic carbocycles. The molecular formula is C6H8O4. The molecule has 3 atom stereocenters. The molecule has 0 aromatic heterocycles. The van der Waals surface area contributed by atoms with Gasteiger partial charge in [-0.1, -0.05) is 6.58 Å². The summed E-state index contributed by atoms with van der Waals surface area (Å²) in [6.07, 6.45) is -2.06. The van der Waals surface area contributed by atoms with Crippen LogP contribution >= 0.6 is 0 Å².